The first kappa shape index (κ1) is 15.9. The molecule has 0 nitrogen and oxygen atoms in total. The largest absolute Gasteiger partial charge is 2.00 e. The smallest absolute Gasteiger partial charge is 1.00 e. The molecular weight excluding hydrogens is 240 g/mol. The Hall–Kier alpha value is 1.46. The summed E-state index contributed by atoms with van der Waals surface area (Å²) in [5, 5.41) is 0. The number of rotatable bonds is 2. The van der Waals surface area contributed by atoms with E-state index in [-0.39, 0.29) is 48.8 Å². The first-order valence-electron chi connectivity index (χ1n) is 4.49. The van der Waals surface area contributed by atoms with Crippen molar-refractivity contribution >= 4 is 31.8 Å². The first-order valence-corrected chi connectivity index (χ1v) is 6.61. The minimum absolute atomic E-state index is 0. The van der Waals surface area contributed by atoms with E-state index in [4.69, 9.17) is 0 Å². The standard InChI is InChI=1S/C9H18Si.BrH.Mg/c1-3-6-10-7-4-9(2)5-8-10;;/h9H,2-8H2,1H3;1H;/q-1;;+2/p-1. The second kappa shape index (κ2) is 9.04. The third-order valence-electron chi connectivity index (χ3n) is 2.42. The summed E-state index contributed by atoms with van der Waals surface area (Å²) < 4.78 is 0. The van der Waals surface area contributed by atoms with Crippen LogP contribution >= 0.6 is 0 Å². The molecule has 1 saturated heterocycles. The van der Waals surface area contributed by atoms with Crippen LogP contribution in [0.5, 0.6) is 0 Å². The van der Waals surface area contributed by atoms with Crippen molar-refractivity contribution in [2.24, 2.45) is 5.92 Å². The average Bonchev–Trinajstić information content (AvgIpc) is 1.95. The van der Waals surface area contributed by atoms with E-state index in [0.717, 1.165) is 5.92 Å². The molecular formula is C9H18BrMgSi. The van der Waals surface area contributed by atoms with Crippen LogP contribution in [0.15, 0.2) is 0 Å². The summed E-state index contributed by atoms with van der Waals surface area (Å²) in [6.45, 7) is 6.42. The summed E-state index contributed by atoms with van der Waals surface area (Å²) in [6, 6.07) is 4.65. The zero-order chi connectivity index (χ0) is 7.40. The van der Waals surface area contributed by atoms with Crippen LogP contribution in [0.4, 0.5) is 0 Å². The molecule has 0 aliphatic carbocycles. The monoisotopic (exact) mass is 257 g/mol. The first-order chi connectivity index (χ1) is 4.83. The van der Waals surface area contributed by atoms with Gasteiger partial charge in [-0.25, -0.2) is 0 Å². The predicted octanol–water partition coefficient (Wildman–Crippen LogP) is -0.242. The van der Waals surface area contributed by atoms with Crippen molar-refractivity contribution in [1.29, 1.82) is 0 Å². The van der Waals surface area contributed by atoms with Crippen molar-refractivity contribution in [1.82, 2.24) is 0 Å². The van der Waals surface area contributed by atoms with Crippen molar-refractivity contribution in [3.05, 3.63) is 6.92 Å². The van der Waals surface area contributed by atoms with Crippen molar-refractivity contribution < 1.29 is 17.0 Å². The fourth-order valence-corrected chi connectivity index (χ4v) is 4.78. The number of halogens is 1. The van der Waals surface area contributed by atoms with Gasteiger partial charge >= 0.3 is 23.1 Å². The molecule has 0 saturated carbocycles. The molecule has 12 heavy (non-hydrogen) atoms. The SMILES string of the molecule is [Br-].[CH2-]C1CC[Si](CCC)CC1.[Mg+2]. The van der Waals surface area contributed by atoms with Crippen LogP contribution in [0, 0.1) is 12.8 Å². The predicted molar refractivity (Wildman–Crippen MR) is 54.3 cm³/mol. The quantitative estimate of drug-likeness (QED) is 0.474. The zero-order valence-electron chi connectivity index (χ0n) is 8.11. The average molecular weight is 259 g/mol. The molecule has 1 aliphatic heterocycles. The van der Waals surface area contributed by atoms with Crippen LogP contribution in [-0.2, 0) is 0 Å². The van der Waals surface area contributed by atoms with Crippen LogP contribution in [-0.4, -0.2) is 31.8 Å². The second-order valence-electron chi connectivity index (χ2n) is 3.44. The van der Waals surface area contributed by atoms with Crippen molar-refractivity contribution in [3.8, 4) is 0 Å². The Bertz CT molecular complexity index is 92.5. The molecule has 3 heteroatoms. The van der Waals surface area contributed by atoms with Crippen molar-refractivity contribution in [3.63, 3.8) is 0 Å². The van der Waals surface area contributed by atoms with Crippen molar-refractivity contribution in [2.75, 3.05) is 0 Å². The van der Waals surface area contributed by atoms with Gasteiger partial charge in [0.15, 0.2) is 0 Å². The zero-order valence-corrected chi connectivity index (χ0v) is 12.1. The normalized spacial score (nSPS) is 19.5. The fraction of sp³-hybridized carbons (Fsp3) is 0.889. The molecule has 1 heterocycles. The van der Waals surface area contributed by atoms with Crippen LogP contribution in [0.1, 0.15) is 26.2 Å². The van der Waals surface area contributed by atoms with Gasteiger partial charge in [-0.2, -0.15) is 5.92 Å². The number of hydrogen-bond acceptors (Lipinski definition) is 0. The van der Waals surface area contributed by atoms with Gasteiger partial charge in [-0.05, 0) is 0 Å². The third kappa shape index (κ3) is 6.00. The molecule has 0 atom stereocenters. The van der Waals surface area contributed by atoms with Gasteiger partial charge in [-0.1, -0.05) is 44.3 Å². The minimum Gasteiger partial charge on any atom is -1.00 e. The maximum atomic E-state index is 4.11. The molecule has 1 aliphatic rings. The van der Waals surface area contributed by atoms with Gasteiger partial charge < -0.3 is 23.9 Å². The Labute approximate surface area is 105 Å². The Balaban J connectivity index is 0. The van der Waals surface area contributed by atoms with E-state index in [9.17, 15) is 0 Å². The van der Waals surface area contributed by atoms with Gasteiger partial charge in [-0.15, -0.1) is 0 Å². The molecule has 0 aromatic rings. The van der Waals surface area contributed by atoms with Gasteiger partial charge in [0.25, 0.3) is 0 Å². The fourth-order valence-electron chi connectivity index (χ4n) is 1.69. The molecule has 67 valence electrons. The molecule has 0 aromatic carbocycles. The van der Waals surface area contributed by atoms with Crippen LogP contribution in [0.25, 0.3) is 0 Å². The van der Waals surface area contributed by atoms with E-state index in [1.807, 2.05) is 0 Å². The Morgan fingerprint density at radius 1 is 1.33 bits per heavy atom. The van der Waals surface area contributed by atoms with E-state index in [2.05, 4.69) is 13.8 Å². The Morgan fingerprint density at radius 3 is 2.25 bits per heavy atom. The van der Waals surface area contributed by atoms with Gasteiger partial charge in [-0.3, -0.25) is 0 Å². The van der Waals surface area contributed by atoms with E-state index >= 15 is 0 Å². The molecule has 0 N–H and O–H groups in total. The Kier molecular flexibility index (Phi) is 12.0. The van der Waals surface area contributed by atoms with E-state index < -0.39 is 0 Å². The summed E-state index contributed by atoms with van der Waals surface area (Å²) in [4.78, 5) is 0. The maximum absolute atomic E-state index is 4.11. The summed E-state index contributed by atoms with van der Waals surface area (Å²) in [6.07, 6.45) is 4.26. The Morgan fingerprint density at radius 2 is 1.83 bits per heavy atom. The van der Waals surface area contributed by atoms with Gasteiger partial charge in [0, 0.05) is 8.80 Å². The minimum atomic E-state index is 0. The van der Waals surface area contributed by atoms with Gasteiger partial charge in [0.05, 0.1) is 0 Å². The molecule has 1 radical (unpaired) electrons. The molecule has 0 spiro atoms. The molecule has 1 rings (SSSR count). The van der Waals surface area contributed by atoms with Gasteiger partial charge in [0.2, 0.25) is 0 Å². The summed E-state index contributed by atoms with van der Waals surface area (Å²) in [5.41, 5.74) is 0. The summed E-state index contributed by atoms with van der Waals surface area (Å²) >= 11 is 0. The van der Waals surface area contributed by atoms with Crippen LogP contribution in [0.2, 0.25) is 18.1 Å². The van der Waals surface area contributed by atoms with E-state index in [0.29, 0.717) is 0 Å². The molecule has 0 aromatic heterocycles. The van der Waals surface area contributed by atoms with Crippen LogP contribution < -0.4 is 17.0 Å². The molecule has 1 fully saturated rings. The second-order valence-corrected chi connectivity index (χ2v) is 6.44. The molecule has 0 unspecified atom stereocenters. The van der Waals surface area contributed by atoms with Gasteiger partial charge in [0.1, 0.15) is 0 Å². The van der Waals surface area contributed by atoms with Crippen molar-refractivity contribution in [2.45, 2.75) is 44.3 Å². The summed E-state index contributed by atoms with van der Waals surface area (Å²) in [5.74, 6) is 0.797. The topological polar surface area (TPSA) is 0 Å². The number of hydrogen-bond donors (Lipinski definition) is 0. The molecule has 0 bridgehead atoms. The maximum Gasteiger partial charge on any atom is 2.00 e. The summed E-state index contributed by atoms with van der Waals surface area (Å²) in [7, 11) is 0.128. The molecule has 0 amide bonds. The van der Waals surface area contributed by atoms with Crippen LogP contribution in [0.3, 0.4) is 0 Å². The van der Waals surface area contributed by atoms with E-state index in [1.165, 1.54) is 19.3 Å². The van der Waals surface area contributed by atoms with E-state index in [1.54, 1.807) is 18.1 Å². The third-order valence-corrected chi connectivity index (χ3v) is 5.61.